The van der Waals surface area contributed by atoms with Gasteiger partial charge in [0.05, 0.1) is 28.0 Å². The molecule has 25 heavy (non-hydrogen) atoms. The topological polar surface area (TPSA) is 56.3 Å². The van der Waals surface area contributed by atoms with Gasteiger partial charge >= 0.3 is 0 Å². The van der Waals surface area contributed by atoms with Crippen LogP contribution in [0.1, 0.15) is 19.3 Å². The van der Waals surface area contributed by atoms with Crippen molar-refractivity contribution in [3.05, 3.63) is 52.5 Å². The maximum Gasteiger partial charge on any atom is 0.182 e. The third-order valence-corrected chi connectivity index (χ3v) is 7.24. The van der Waals surface area contributed by atoms with Crippen LogP contribution in [0.25, 0.3) is 0 Å². The number of rotatable bonds is 5. The highest BCUT2D eigenvalue weighted by atomic mass is 35.5. The van der Waals surface area contributed by atoms with Gasteiger partial charge in [0, 0.05) is 0 Å². The van der Waals surface area contributed by atoms with Crippen molar-refractivity contribution in [1.29, 1.82) is 0 Å². The van der Waals surface area contributed by atoms with E-state index in [4.69, 9.17) is 27.9 Å². The first-order valence-corrected chi connectivity index (χ1v) is 10.1. The summed E-state index contributed by atoms with van der Waals surface area (Å²) in [5.74, 6) is 0.158. The lowest BCUT2D eigenvalue weighted by Crippen LogP contribution is -2.20. The number of hydrogen-bond acceptors (Lipinski definition) is 4. The van der Waals surface area contributed by atoms with Crippen LogP contribution >= 0.6 is 23.2 Å². The fourth-order valence-electron chi connectivity index (χ4n) is 3.01. The zero-order valence-corrected chi connectivity index (χ0v) is 15.5. The van der Waals surface area contributed by atoms with Crippen LogP contribution in [0.15, 0.2) is 41.4 Å². The van der Waals surface area contributed by atoms with Gasteiger partial charge in [-0.3, -0.25) is 0 Å². The van der Waals surface area contributed by atoms with Gasteiger partial charge in [-0.1, -0.05) is 23.2 Å². The Kier molecular flexibility index (Phi) is 5.51. The van der Waals surface area contributed by atoms with Crippen molar-refractivity contribution in [3.8, 4) is 5.75 Å². The first-order chi connectivity index (χ1) is 11.9. The smallest absolute Gasteiger partial charge is 0.182 e. The molecule has 4 nitrogen and oxygen atoms in total. The molecule has 1 aromatic heterocycles. The van der Waals surface area contributed by atoms with E-state index in [2.05, 4.69) is 4.98 Å². The maximum atomic E-state index is 13.2. The van der Waals surface area contributed by atoms with E-state index in [1.54, 1.807) is 12.1 Å². The average Bonchev–Trinajstić information content (AvgIpc) is 3.04. The highest BCUT2D eigenvalue weighted by Crippen LogP contribution is 2.36. The molecular formula is C17H16Cl2FNO3S. The number of nitrogens with zero attached hydrogens (tertiary/aromatic N) is 1. The minimum absolute atomic E-state index is 0.0102. The highest BCUT2D eigenvalue weighted by Gasteiger charge is 2.36. The first kappa shape index (κ1) is 18.4. The lowest BCUT2D eigenvalue weighted by Gasteiger charge is -2.14. The number of halogens is 3. The second-order valence-corrected chi connectivity index (χ2v) is 9.04. The standard InChI is InChI=1S/C17H16Cl2FNO3S/c18-15-8-12(20)2-5-16(15)25(22,23)14-4-1-11(7-14)10-24-13-3-6-17(19)21-9-13/h2-3,5-6,8-9,11,14H,1,4,7,10H2/t11-,14+/m1/s1. The molecule has 0 aliphatic heterocycles. The van der Waals surface area contributed by atoms with Crippen LogP contribution < -0.4 is 4.74 Å². The number of sulfone groups is 1. The van der Waals surface area contributed by atoms with Crippen LogP contribution in [0, 0.1) is 11.7 Å². The summed E-state index contributed by atoms with van der Waals surface area (Å²) in [6.07, 6.45) is 3.29. The van der Waals surface area contributed by atoms with Gasteiger partial charge in [-0.05, 0) is 55.5 Å². The number of hydrogen-bond donors (Lipinski definition) is 0. The molecule has 1 fully saturated rings. The molecule has 2 atom stereocenters. The lowest BCUT2D eigenvalue weighted by molar-refractivity contribution is 0.251. The quantitative estimate of drug-likeness (QED) is 0.542. The number of benzene rings is 1. The summed E-state index contributed by atoms with van der Waals surface area (Å²) in [6, 6.07) is 6.72. The molecule has 3 rings (SSSR count). The summed E-state index contributed by atoms with van der Waals surface area (Å²) < 4.78 is 44.3. The lowest BCUT2D eigenvalue weighted by atomic mass is 10.1. The Morgan fingerprint density at radius 2 is 2.00 bits per heavy atom. The van der Waals surface area contributed by atoms with Crippen LogP contribution in [0.5, 0.6) is 5.75 Å². The second kappa shape index (κ2) is 7.48. The normalized spacial score (nSPS) is 20.6. The third-order valence-electron chi connectivity index (χ3n) is 4.32. The van der Waals surface area contributed by atoms with E-state index in [-0.39, 0.29) is 15.8 Å². The van der Waals surface area contributed by atoms with Crippen molar-refractivity contribution in [3.63, 3.8) is 0 Å². The molecule has 0 bridgehead atoms. The highest BCUT2D eigenvalue weighted by molar-refractivity contribution is 7.92. The summed E-state index contributed by atoms with van der Waals surface area (Å²) >= 11 is 11.6. The van der Waals surface area contributed by atoms with Crippen molar-refractivity contribution in [1.82, 2.24) is 4.98 Å². The van der Waals surface area contributed by atoms with E-state index in [9.17, 15) is 12.8 Å². The molecule has 1 aromatic carbocycles. The summed E-state index contributed by atoms with van der Waals surface area (Å²) in [5.41, 5.74) is 0. The van der Waals surface area contributed by atoms with E-state index >= 15 is 0 Å². The predicted molar refractivity (Wildman–Crippen MR) is 94.5 cm³/mol. The third kappa shape index (κ3) is 4.25. The molecule has 1 aliphatic carbocycles. The molecule has 1 aliphatic rings. The molecule has 0 amide bonds. The summed E-state index contributed by atoms with van der Waals surface area (Å²) in [6.45, 7) is 0.409. The van der Waals surface area contributed by atoms with Gasteiger partial charge in [0.1, 0.15) is 16.7 Å². The molecule has 1 heterocycles. The molecule has 0 N–H and O–H groups in total. The minimum Gasteiger partial charge on any atom is -0.492 e. The fraction of sp³-hybridized carbons (Fsp3) is 0.353. The first-order valence-electron chi connectivity index (χ1n) is 7.79. The van der Waals surface area contributed by atoms with Crippen LogP contribution in [-0.4, -0.2) is 25.3 Å². The van der Waals surface area contributed by atoms with E-state index < -0.39 is 20.9 Å². The predicted octanol–water partition coefficient (Wildman–Crippen LogP) is 4.55. The van der Waals surface area contributed by atoms with Crippen molar-refractivity contribution >= 4 is 33.0 Å². The van der Waals surface area contributed by atoms with Crippen LogP contribution in [0.2, 0.25) is 10.2 Å². The summed E-state index contributed by atoms with van der Waals surface area (Å²) in [7, 11) is -3.59. The summed E-state index contributed by atoms with van der Waals surface area (Å²) in [4.78, 5) is 3.92. The Morgan fingerprint density at radius 1 is 1.20 bits per heavy atom. The number of aromatic nitrogens is 1. The van der Waals surface area contributed by atoms with Crippen molar-refractivity contribution in [2.75, 3.05) is 6.61 Å². The Labute approximate surface area is 155 Å². The van der Waals surface area contributed by atoms with E-state index in [1.807, 2.05) is 0 Å². The van der Waals surface area contributed by atoms with Crippen molar-refractivity contribution in [2.24, 2.45) is 5.92 Å². The molecule has 1 saturated carbocycles. The Hall–Kier alpha value is -1.37. The Morgan fingerprint density at radius 3 is 2.68 bits per heavy atom. The van der Waals surface area contributed by atoms with Crippen LogP contribution in [0.3, 0.4) is 0 Å². The van der Waals surface area contributed by atoms with Gasteiger partial charge in [0.15, 0.2) is 9.84 Å². The number of ether oxygens (including phenoxy) is 1. The number of pyridine rings is 1. The molecule has 2 aromatic rings. The Bertz CT molecular complexity index is 859. The fourth-order valence-corrected chi connectivity index (χ4v) is 5.53. The minimum atomic E-state index is -3.59. The van der Waals surface area contributed by atoms with E-state index in [0.717, 1.165) is 18.6 Å². The largest absolute Gasteiger partial charge is 0.492 e. The van der Waals surface area contributed by atoms with Gasteiger partial charge in [0.25, 0.3) is 0 Å². The maximum absolute atomic E-state index is 13.2. The van der Waals surface area contributed by atoms with Gasteiger partial charge in [-0.15, -0.1) is 0 Å². The molecule has 0 unspecified atom stereocenters. The van der Waals surface area contributed by atoms with Crippen LogP contribution in [-0.2, 0) is 9.84 Å². The molecule has 8 heteroatoms. The zero-order valence-electron chi connectivity index (χ0n) is 13.2. The molecule has 0 radical (unpaired) electrons. The van der Waals surface area contributed by atoms with E-state index in [1.165, 1.54) is 12.3 Å². The van der Waals surface area contributed by atoms with Gasteiger partial charge in [0.2, 0.25) is 0 Å². The second-order valence-electron chi connectivity index (χ2n) is 6.05. The van der Waals surface area contributed by atoms with Gasteiger partial charge in [-0.2, -0.15) is 0 Å². The molecular weight excluding hydrogens is 388 g/mol. The zero-order chi connectivity index (χ0) is 18.0. The van der Waals surface area contributed by atoms with E-state index in [0.29, 0.717) is 30.4 Å². The van der Waals surface area contributed by atoms with Crippen molar-refractivity contribution in [2.45, 2.75) is 29.4 Å². The Balaban J connectivity index is 1.64. The monoisotopic (exact) mass is 403 g/mol. The molecule has 134 valence electrons. The average molecular weight is 404 g/mol. The molecule has 0 saturated heterocycles. The van der Waals surface area contributed by atoms with Gasteiger partial charge in [-0.25, -0.2) is 17.8 Å². The SMILES string of the molecule is O=S(=O)(c1ccc(F)cc1Cl)[C@H]1CC[C@@H](COc2ccc(Cl)nc2)C1. The van der Waals surface area contributed by atoms with Crippen LogP contribution in [0.4, 0.5) is 4.39 Å². The van der Waals surface area contributed by atoms with Crippen molar-refractivity contribution < 1.29 is 17.5 Å². The molecule has 0 spiro atoms. The van der Waals surface area contributed by atoms with Gasteiger partial charge < -0.3 is 4.74 Å². The summed E-state index contributed by atoms with van der Waals surface area (Å²) in [5, 5.41) is -0.227.